The van der Waals surface area contributed by atoms with Crippen molar-refractivity contribution in [3.05, 3.63) is 23.2 Å². The van der Waals surface area contributed by atoms with Crippen molar-refractivity contribution in [2.24, 2.45) is 5.41 Å². The fourth-order valence-corrected chi connectivity index (χ4v) is 3.87. The van der Waals surface area contributed by atoms with Crippen molar-refractivity contribution in [3.8, 4) is 0 Å². The molecule has 0 aromatic carbocycles. The SMILES string of the molecule is Cc1cc2c(o1)CC(C)(C)C[C@@H]2NC(=O)[C@@H](C)OC[C@H]1CCCCO1. The Morgan fingerprint density at radius 2 is 2.24 bits per heavy atom. The van der Waals surface area contributed by atoms with E-state index in [2.05, 4.69) is 25.2 Å². The molecule has 0 radical (unpaired) electrons. The fraction of sp³-hybridized carbons (Fsp3) is 0.750. The maximum absolute atomic E-state index is 12.6. The summed E-state index contributed by atoms with van der Waals surface area (Å²) in [6, 6.07) is 2.04. The first kappa shape index (κ1) is 18.5. The quantitative estimate of drug-likeness (QED) is 0.881. The highest BCUT2D eigenvalue weighted by atomic mass is 16.5. The molecule has 25 heavy (non-hydrogen) atoms. The number of fused-ring (bicyclic) bond motifs is 1. The van der Waals surface area contributed by atoms with Gasteiger partial charge in [-0.25, -0.2) is 0 Å². The number of ether oxygens (including phenoxy) is 2. The Morgan fingerprint density at radius 3 is 2.96 bits per heavy atom. The molecule has 1 amide bonds. The number of furan rings is 1. The number of carbonyl (C=O) groups excluding carboxylic acids is 1. The van der Waals surface area contributed by atoms with E-state index in [9.17, 15) is 4.79 Å². The number of carbonyl (C=O) groups is 1. The minimum atomic E-state index is -0.480. The molecule has 5 nitrogen and oxygen atoms in total. The molecule has 0 spiro atoms. The Morgan fingerprint density at radius 1 is 1.44 bits per heavy atom. The molecule has 5 heteroatoms. The topological polar surface area (TPSA) is 60.7 Å². The summed E-state index contributed by atoms with van der Waals surface area (Å²) in [6.07, 6.45) is 4.78. The molecule has 1 aromatic heterocycles. The Hall–Kier alpha value is -1.33. The predicted molar refractivity (Wildman–Crippen MR) is 95.4 cm³/mol. The lowest BCUT2D eigenvalue weighted by atomic mass is 9.74. The van der Waals surface area contributed by atoms with Gasteiger partial charge in [0, 0.05) is 18.6 Å². The van der Waals surface area contributed by atoms with Crippen molar-refractivity contribution < 1.29 is 18.7 Å². The maximum Gasteiger partial charge on any atom is 0.249 e. The van der Waals surface area contributed by atoms with Crippen LogP contribution in [0.25, 0.3) is 0 Å². The summed E-state index contributed by atoms with van der Waals surface area (Å²) in [5, 5.41) is 3.17. The third kappa shape index (κ3) is 4.64. The van der Waals surface area contributed by atoms with E-state index in [0.29, 0.717) is 6.61 Å². The molecule has 1 aromatic rings. The molecule has 1 aliphatic heterocycles. The van der Waals surface area contributed by atoms with Gasteiger partial charge in [0.1, 0.15) is 17.6 Å². The molecule has 0 saturated carbocycles. The summed E-state index contributed by atoms with van der Waals surface area (Å²) in [5.41, 5.74) is 1.22. The second-order valence-corrected chi connectivity index (χ2v) is 8.31. The largest absolute Gasteiger partial charge is 0.466 e. The summed E-state index contributed by atoms with van der Waals surface area (Å²) >= 11 is 0. The van der Waals surface area contributed by atoms with Crippen molar-refractivity contribution in [1.29, 1.82) is 0 Å². The van der Waals surface area contributed by atoms with Gasteiger partial charge in [-0.3, -0.25) is 4.79 Å². The maximum atomic E-state index is 12.6. The number of nitrogens with one attached hydrogen (secondary N) is 1. The molecule has 1 N–H and O–H groups in total. The van der Waals surface area contributed by atoms with Crippen LogP contribution < -0.4 is 5.32 Å². The molecule has 1 fully saturated rings. The average Bonchev–Trinajstić information content (AvgIpc) is 2.92. The zero-order chi connectivity index (χ0) is 18.0. The minimum absolute atomic E-state index is 0.0133. The third-order valence-corrected chi connectivity index (χ3v) is 5.23. The number of hydrogen-bond acceptors (Lipinski definition) is 4. The van der Waals surface area contributed by atoms with Gasteiger partial charge in [-0.05, 0) is 51.0 Å². The van der Waals surface area contributed by atoms with Crippen molar-refractivity contribution in [1.82, 2.24) is 5.32 Å². The van der Waals surface area contributed by atoms with E-state index in [-0.39, 0.29) is 23.5 Å². The molecule has 0 bridgehead atoms. The highest BCUT2D eigenvalue weighted by Gasteiger charge is 2.36. The van der Waals surface area contributed by atoms with Gasteiger partial charge in [0.2, 0.25) is 5.91 Å². The Balaban J connectivity index is 1.57. The van der Waals surface area contributed by atoms with Crippen LogP contribution in [0.3, 0.4) is 0 Å². The molecule has 1 aliphatic carbocycles. The van der Waals surface area contributed by atoms with E-state index in [0.717, 1.165) is 49.4 Å². The van der Waals surface area contributed by atoms with Gasteiger partial charge in [-0.2, -0.15) is 0 Å². The summed E-state index contributed by atoms with van der Waals surface area (Å²) in [7, 11) is 0. The molecule has 1 saturated heterocycles. The summed E-state index contributed by atoms with van der Waals surface area (Å²) < 4.78 is 17.3. The van der Waals surface area contributed by atoms with Crippen LogP contribution in [0.5, 0.6) is 0 Å². The molecule has 140 valence electrons. The number of hydrogen-bond donors (Lipinski definition) is 1. The van der Waals surface area contributed by atoms with E-state index in [1.165, 1.54) is 6.42 Å². The van der Waals surface area contributed by atoms with E-state index in [1.807, 2.05) is 13.8 Å². The number of aryl methyl sites for hydroxylation is 1. The van der Waals surface area contributed by atoms with Crippen molar-refractivity contribution >= 4 is 5.91 Å². The van der Waals surface area contributed by atoms with Crippen LogP contribution in [0.1, 0.15) is 69.6 Å². The van der Waals surface area contributed by atoms with Crippen molar-refractivity contribution in [2.45, 2.75) is 78.0 Å². The first-order chi connectivity index (χ1) is 11.8. The standard InChI is InChI=1S/C20H31NO4/c1-13-9-16-17(10-20(3,4)11-18(16)25-13)21-19(22)14(2)24-12-15-7-5-6-8-23-15/h9,14-15,17H,5-8,10-12H2,1-4H3,(H,21,22)/t14-,15-,17+/m1/s1. The lowest BCUT2D eigenvalue weighted by Gasteiger charge is -2.35. The fourth-order valence-electron chi connectivity index (χ4n) is 3.87. The van der Waals surface area contributed by atoms with Crippen LogP contribution in [-0.4, -0.2) is 31.3 Å². The number of amides is 1. The Kier molecular flexibility index (Phi) is 5.54. The molecule has 0 unspecified atom stereocenters. The van der Waals surface area contributed by atoms with E-state index < -0.39 is 6.10 Å². The molecule has 3 rings (SSSR count). The van der Waals surface area contributed by atoms with E-state index in [1.54, 1.807) is 0 Å². The Bertz CT molecular complexity index is 601. The second-order valence-electron chi connectivity index (χ2n) is 8.31. The number of rotatable bonds is 5. The lowest BCUT2D eigenvalue weighted by Crippen LogP contribution is -2.41. The highest BCUT2D eigenvalue weighted by Crippen LogP contribution is 2.42. The Labute approximate surface area is 150 Å². The van der Waals surface area contributed by atoms with Gasteiger partial charge < -0.3 is 19.2 Å². The van der Waals surface area contributed by atoms with Gasteiger partial charge in [-0.15, -0.1) is 0 Å². The van der Waals surface area contributed by atoms with Crippen LogP contribution >= 0.6 is 0 Å². The summed E-state index contributed by atoms with van der Waals surface area (Å²) in [6.45, 7) is 9.49. The predicted octanol–water partition coefficient (Wildman–Crippen LogP) is 3.69. The third-order valence-electron chi connectivity index (χ3n) is 5.23. The molecule has 3 atom stereocenters. The first-order valence-corrected chi connectivity index (χ1v) is 9.47. The van der Waals surface area contributed by atoms with Gasteiger partial charge in [0.25, 0.3) is 0 Å². The summed E-state index contributed by atoms with van der Waals surface area (Å²) in [5.74, 6) is 1.84. The van der Waals surface area contributed by atoms with Crippen LogP contribution in [-0.2, 0) is 20.7 Å². The van der Waals surface area contributed by atoms with Crippen molar-refractivity contribution in [3.63, 3.8) is 0 Å². The van der Waals surface area contributed by atoms with Crippen LogP contribution in [0.4, 0.5) is 0 Å². The van der Waals surface area contributed by atoms with Crippen LogP contribution in [0.15, 0.2) is 10.5 Å². The van der Waals surface area contributed by atoms with Gasteiger partial charge in [0.15, 0.2) is 0 Å². The molecular weight excluding hydrogens is 318 g/mol. The van der Waals surface area contributed by atoms with Gasteiger partial charge in [-0.1, -0.05) is 13.8 Å². The van der Waals surface area contributed by atoms with E-state index in [4.69, 9.17) is 13.9 Å². The normalized spacial score (nSPS) is 26.7. The smallest absolute Gasteiger partial charge is 0.249 e. The summed E-state index contributed by atoms with van der Waals surface area (Å²) in [4.78, 5) is 12.6. The van der Waals surface area contributed by atoms with E-state index >= 15 is 0 Å². The molecule has 2 heterocycles. The second kappa shape index (κ2) is 7.50. The zero-order valence-corrected chi connectivity index (χ0v) is 15.9. The minimum Gasteiger partial charge on any atom is -0.466 e. The lowest BCUT2D eigenvalue weighted by molar-refractivity contribution is -0.136. The molecule has 2 aliphatic rings. The first-order valence-electron chi connectivity index (χ1n) is 9.47. The monoisotopic (exact) mass is 349 g/mol. The average molecular weight is 349 g/mol. The molecular formula is C20H31NO4. The van der Waals surface area contributed by atoms with Crippen molar-refractivity contribution in [2.75, 3.05) is 13.2 Å². The van der Waals surface area contributed by atoms with Gasteiger partial charge in [0.05, 0.1) is 18.8 Å². The van der Waals surface area contributed by atoms with Gasteiger partial charge >= 0.3 is 0 Å². The van der Waals surface area contributed by atoms with Crippen LogP contribution in [0.2, 0.25) is 0 Å². The highest BCUT2D eigenvalue weighted by molar-refractivity contribution is 5.80. The zero-order valence-electron chi connectivity index (χ0n) is 15.9. The van der Waals surface area contributed by atoms with Crippen LogP contribution in [0, 0.1) is 12.3 Å².